The molecule has 11 heteroatoms. The lowest BCUT2D eigenvalue weighted by Crippen LogP contribution is -2.34. The molecule has 2 aromatic heterocycles. The molecular formula is C32H31BrN6O4. The van der Waals surface area contributed by atoms with E-state index >= 15 is 0 Å². The highest BCUT2D eigenvalue weighted by Crippen LogP contribution is 2.39. The maximum Gasteiger partial charge on any atom is 0.412 e. The summed E-state index contributed by atoms with van der Waals surface area (Å²) < 4.78 is 15.1. The van der Waals surface area contributed by atoms with Gasteiger partial charge >= 0.3 is 12.2 Å². The molecule has 0 spiro atoms. The molecule has 0 saturated carbocycles. The topological polar surface area (TPSA) is 115 Å². The molecule has 2 amide bonds. The average Bonchev–Trinajstić information content (AvgIpc) is 3.53. The van der Waals surface area contributed by atoms with Gasteiger partial charge in [-0.1, -0.05) is 22.5 Å². The fraction of sp³-hybridized carbons (Fsp3) is 0.250. The van der Waals surface area contributed by atoms with Gasteiger partial charge in [0.05, 0.1) is 18.4 Å². The number of ether oxygens (including phenoxy) is 2. The van der Waals surface area contributed by atoms with Gasteiger partial charge in [0, 0.05) is 34.4 Å². The van der Waals surface area contributed by atoms with Crippen molar-refractivity contribution in [3.05, 3.63) is 99.6 Å². The van der Waals surface area contributed by atoms with Crippen molar-refractivity contribution < 1.29 is 19.1 Å². The van der Waals surface area contributed by atoms with Gasteiger partial charge < -0.3 is 18.9 Å². The Balaban J connectivity index is 0.000000165. The number of aryl methyl sites for hydroxylation is 1. The summed E-state index contributed by atoms with van der Waals surface area (Å²) in [6, 6.07) is 20.9. The number of rotatable bonds is 1. The summed E-state index contributed by atoms with van der Waals surface area (Å²) in [7, 11) is 3.71. The molecule has 0 radical (unpaired) electrons. The lowest BCUT2D eigenvalue weighted by molar-refractivity contribution is 0.0411. The first-order chi connectivity index (χ1) is 20.3. The predicted molar refractivity (Wildman–Crippen MR) is 168 cm³/mol. The Morgan fingerprint density at radius 3 is 1.95 bits per heavy atom. The molecule has 0 aliphatic carbocycles. The number of nitrogens with zero attached hydrogens (tertiary/aromatic N) is 4. The van der Waals surface area contributed by atoms with Crippen LogP contribution in [-0.4, -0.2) is 21.3 Å². The van der Waals surface area contributed by atoms with Crippen molar-refractivity contribution in [3.63, 3.8) is 0 Å². The molecule has 0 unspecified atom stereocenters. The summed E-state index contributed by atoms with van der Waals surface area (Å²) in [5.41, 5.74) is 4.87. The van der Waals surface area contributed by atoms with Gasteiger partial charge in [-0.15, -0.1) is 0 Å². The smallest absolute Gasteiger partial charge is 0.412 e. The quantitative estimate of drug-likeness (QED) is 0.203. The molecule has 220 valence electrons. The van der Waals surface area contributed by atoms with Crippen LogP contribution in [0.5, 0.6) is 0 Å². The van der Waals surface area contributed by atoms with Crippen LogP contribution in [0.25, 0.3) is 16.1 Å². The van der Waals surface area contributed by atoms with Crippen LogP contribution in [0.1, 0.15) is 44.5 Å². The number of carbonyl (C=O) groups is 2. The van der Waals surface area contributed by atoms with Crippen LogP contribution in [0.15, 0.2) is 71.3 Å². The van der Waals surface area contributed by atoms with Gasteiger partial charge in [0.2, 0.25) is 5.82 Å². The standard InChI is InChI=1S/C16H15N3O2.C10H10BrNO2.C6H6N2/c1-16(2)11-9-10(5-6-12(11)18-15(20)21-16)13-7-8-14(17-3)19(13)4;1-10(2)7-5-6(11)3-4-8(7)12-9(13)14-10;1-8-4-2-3-6(8)5-7/h5-9H,1-2,4H3,(H,18,20);3-5H,1-2H3,(H,12,13);2-4H,1H3. The SMILES string of the molecule is CC1(C)OC(=O)Nc2ccc(Br)cc21.Cn1cccc1C#N.[C-]#[N+]c1ccc(-c2ccc3c(c2)C(C)(C)OC(=O)N3)n1C. The van der Waals surface area contributed by atoms with Gasteiger partial charge in [-0.3, -0.25) is 15.2 Å². The number of carbonyl (C=O) groups excluding carboxylic acids is 2. The van der Waals surface area contributed by atoms with E-state index in [0.717, 1.165) is 38.2 Å². The van der Waals surface area contributed by atoms with E-state index in [9.17, 15) is 9.59 Å². The molecule has 4 heterocycles. The van der Waals surface area contributed by atoms with Crippen LogP contribution < -0.4 is 10.6 Å². The molecule has 4 aromatic rings. The van der Waals surface area contributed by atoms with Gasteiger partial charge in [0.15, 0.2) is 0 Å². The van der Waals surface area contributed by atoms with E-state index in [1.807, 2.05) is 107 Å². The van der Waals surface area contributed by atoms with E-state index in [2.05, 4.69) is 31.4 Å². The minimum atomic E-state index is -0.679. The van der Waals surface area contributed by atoms with Gasteiger partial charge in [-0.25, -0.2) is 9.59 Å². The second kappa shape index (κ2) is 12.1. The van der Waals surface area contributed by atoms with Crippen molar-refractivity contribution in [1.82, 2.24) is 9.13 Å². The summed E-state index contributed by atoms with van der Waals surface area (Å²) in [6.45, 7) is 14.6. The Bertz CT molecular complexity index is 1790. The number of aromatic nitrogens is 2. The number of nitriles is 1. The number of nitrogens with one attached hydrogen (secondary N) is 2. The molecule has 2 aliphatic heterocycles. The molecule has 0 bridgehead atoms. The fourth-order valence-electron chi connectivity index (χ4n) is 4.76. The molecule has 0 fully saturated rings. The van der Waals surface area contributed by atoms with Crippen molar-refractivity contribution >= 4 is 45.3 Å². The minimum absolute atomic E-state index is 0.398. The molecule has 0 saturated heterocycles. The van der Waals surface area contributed by atoms with Crippen molar-refractivity contribution in [2.75, 3.05) is 10.6 Å². The summed E-state index contributed by atoms with van der Waals surface area (Å²) in [6.07, 6.45) is 1.01. The van der Waals surface area contributed by atoms with Crippen LogP contribution in [-0.2, 0) is 34.8 Å². The van der Waals surface area contributed by atoms with Crippen LogP contribution in [0.3, 0.4) is 0 Å². The maximum atomic E-state index is 11.5. The van der Waals surface area contributed by atoms with E-state index in [0.29, 0.717) is 11.5 Å². The lowest BCUT2D eigenvalue weighted by Gasteiger charge is -2.32. The fourth-order valence-corrected chi connectivity index (χ4v) is 5.12. The number of fused-ring (bicyclic) bond motifs is 2. The third kappa shape index (κ3) is 6.74. The Morgan fingerprint density at radius 2 is 1.47 bits per heavy atom. The first-order valence-electron chi connectivity index (χ1n) is 13.3. The summed E-state index contributed by atoms with van der Waals surface area (Å²) in [5.74, 6) is 0.589. The predicted octanol–water partition coefficient (Wildman–Crippen LogP) is 8.18. The van der Waals surface area contributed by atoms with Gasteiger partial charge in [-0.2, -0.15) is 5.26 Å². The third-order valence-corrected chi connectivity index (χ3v) is 7.52. The number of amides is 2. The molecule has 2 N–H and O–H groups in total. The van der Waals surface area contributed by atoms with E-state index in [-0.39, 0.29) is 0 Å². The van der Waals surface area contributed by atoms with E-state index in [4.69, 9.17) is 21.3 Å². The Hall–Kier alpha value is -5.00. The van der Waals surface area contributed by atoms with Gasteiger partial charge in [-0.05, 0) is 88.4 Å². The first kappa shape index (κ1) is 30.9. The van der Waals surface area contributed by atoms with Gasteiger partial charge in [0.25, 0.3) is 0 Å². The van der Waals surface area contributed by atoms with Gasteiger partial charge in [0.1, 0.15) is 28.7 Å². The normalized spacial score (nSPS) is 15.1. The minimum Gasteiger partial charge on any atom is -0.438 e. The molecule has 2 aliphatic rings. The van der Waals surface area contributed by atoms with Crippen LogP contribution >= 0.6 is 15.9 Å². The Kier molecular flexibility index (Phi) is 8.70. The summed E-state index contributed by atoms with van der Waals surface area (Å²) in [5, 5.41) is 13.7. The Morgan fingerprint density at radius 1 is 0.884 bits per heavy atom. The zero-order valence-electron chi connectivity index (χ0n) is 24.7. The number of halogens is 1. The number of anilines is 2. The van der Waals surface area contributed by atoms with Crippen molar-refractivity contribution in [2.24, 2.45) is 14.1 Å². The average molecular weight is 644 g/mol. The van der Waals surface area contributed by atoms with Crippen molar-refractivity contribution in [3.8, 4) is 17.3 Å². The molecule has 43 heavy (non-hydrogen) atoms. The second-order valence-electron chi connectivity index (χ2n) is 10.9. The van der Waals surface area contributed by atoms with E-state index in [1.165, 1.54) is 0 Å². The highest BCUT2D eigenvalue weighted by molar-refractivity contribution is 9.10. The van der Waals surface area contributed by atoms with Crippen LogP contribution in [0.4, 0.5) is 26.8 Å². The first-order valence-corrected chi connectivity index (χ1v) is 14.0. The monoisotopic (exact) mass is 642 g/mol. The highest BCUT2D eigenvalue weighted by atomic mass is 79.9. The lowest BCUT2D eigenvalue weighted by atomic mass is 9.92. The van der Waals surface area contributed by atoms with E-state index in [1.54, 1.807) is 16.7 Å². The number of hydrogen-bond donors (Lipinski definition) is 2. The molecule has 6 rings (SSSR count). The zero-order chi connectivity index (χ0) is 31.5. The third-order valence-electron chi connectivity index (χ3n) is 7.03. The zero-order valence-corrected chi connectivity index (χ0v) is 26.2. The van der Waals surface area contributed by atoms with E-state index < -0.39 is 23.4 Å². The number of cyclic esters (lactones) is 2. The van der Waals surface area contributed by atoms with Crippen LogP contribution in [0, 0.1) is 17.9 Å². The van der Waals surface area contributed by atoms with Crippen molar-refractivity contribution in [1.29, 1.82) is 5.26 Å². The maximum absolute atomic E-state index is 11.5. The largest absolute Gasteiger partial charge is 0.438 e. The van der Waals surface area contributed by atoms with Crippen LogP contribution in [0.2, 0.25) is 0 Å². The summed E-state index contributed by atoms with van der Waals surface area (Å²) >= 11 is 3.39. The molecule has 0 atom stereocenters. The number of hydrogen-bond acceptors (Lipinski definition) is 5. The molecular weight excluding hydrogens is 612 g/mol. The second-order valence-corrected chi connectivity index (χ2v) is 11.8. The summed E-state index contributed by atoms with van der Waals surface area (Å²) in [4.78, 5) is 26.2. The molecule has 10 nitrogen and oxygen atoms in total. The molecule has 2 aromatic carbocycles. The Labute approximate surface area is 258 Å². The van der Waals surface area contributed by atoms with Crippen molar-refractivity contribution in [2.45, 2.75) is 38.9 Å². The highest BCUT2D eigenvalue weighted by Gasteiger charge is 2.34. The number of benzene rings is 2.